The molecule has 16 heavy (non-hydrogen) atoms. The molecule has 2 bridgehead atoms. The van der Waals surface area contributed by atoms with E-state index < -0.39 is 0 Å². The van der Waals surface area contributed by atoms with Crippen LogP contribution in [0.2, 0.25) is 0 Å². The molecule has 3 heteroatoms. The van der Waals surface area contributed by atoms with E-state index in [1.807, 2.05) is 0 Å². The molecule has 86 valence electrons. The van der Waals surface area contributed by atoms with Crippen LogP contribution in [0.3, 0.4) is 0 Å². The van der Waals surface area contributed by atoms with E-state index in [4.69, 9.17) is 4.74 Å². The minimum absolute atomic E-state index is 0.207. The first-order chi connectivity index (χ1) is 7.81. The number of hydrogen-bond acceptors (Lipinski definition) is 2. The summed E-state index contributed by atoms with van der Waals surface area (Å²) in [6.45, 7) is 3.46. The van der Waals surface area contributed by atoms with Crippen molar-refractivity contribution in [2.45, 2.75) is 18.9 Å². The summed E-state index contributed by atoms with van der Waals surface area (Å²) >= 11 is 0. The van der Waals surface area contributed by atoms with Gasteiger partial charge in [-0.1, -0.05) is 0 Å². The molecule has 2 nitrogen and oxygen atoms in total. The third-order valence-electron chi connectivity index (χ3n) is 3.70. The van der Waals surface area contributed by atoms with Gasteiger partial charge in [0.1, 0.15) is 17.7 Å². The zero-order valence-corrected chi connectivity index (χ0v) is 9.23. The maximum Gasteiger partial charge on any atom is 0.123 e. The molecule has 3 aliphatic rings. The Bertz CT molecular complexity index is 357. The number of piperidine rings is 3. The lowest BCUT2D eigenvalue weighted by molar-refractivity contribution is -0.00778. The predicted octanol–water partition coefficient (Wildman–Crippen LogP) is 2.30. The normalized spacial score (nSPS) is 32.7. The summed E-state index contributed by atoms with van der Waals surface area (Å²) in [4.78, 5) is 2.45. The van der Waals surface area contributed by atoms with E-state index in [0.29, 0.717) is 12.0 Å². The van der Waals surface area contributed by atoms with Crippen LogP contribution in [-0.4, -0.2) is 30.6 Å². The van der Waals surface area contributed by atoms with Gasteiger partial charge in [-0.2, -0.15) is 0 Å². The first-order valence-electron chi connectivity index (χ1n) is 5.96. The zero-order valence-electron chi connectivity index (χ0n) is 9.23. The van der Waals surface area contributed by atoms with Crippen molar-refractivity contribution in [2.75, 3.05) is 19.6 Å². The largest absolute Gasteiger partial charge is 0.489 e. The monoisotopic (exact) mass is 221 g/mol. The molecule has 0 amide bonds. The van der Waals surface area contributed by atoms with Crippen LogP contribution >= 0.6 is 0 Å². The molecule has 1 aromatic rings. The van der Waals surface area contributed by atoms with Crippen molar-refractivity contribution in [1.82, 2.24) is 4.90 Å². The maximum atomic E-state index is 12.8. The minimum Gasteiger partial charge on any atom is -0.489 e. The highest BCUT2D eigenvalue weighted by Gasteiger charge is 2.35. The topological polar surface area (TPSA) is 12.5 Å². The van der Waals surface area contributed by atoms with Crippen LogP contribution in [0.15, 0.2) is 24.3 Å². The number of rotatable bonds is 2. The molecule has 3 heterocycles. The molecule has 1 unspecified atom stereocenters. The van der Waals surface area contributed by atoms with Gasteiger partial charge < -0.3 is 4.74 Å². The van der Waals surface area contributed by atoms with E-state index in [2.05, 4.69) is 4.90 Å². The summed E-state index contributed by atoms with van der Waals surface area (Å²) in [6, 6.07) is 6.34. The van der Waals surface area contributed by atoms with Crippen molar-refractivity contribution in [2.24, 2.45) is 5.92 Å². The number of hydrogen-bond donors (Lipinski definition) is 0. The van der Waals surface area contributed by atoms with Crippen molar-refractivity contribution >= 4 is 0 Å². The van der Waals surface area contributed by atoms with Gasteiger partial charge in [0.2, 0.25) is 0 Å². The van der Waals surface area contributed by atoms with Gasteiger partial charge in [0.15, 0.2) is 0 Å². The molecule has 0 radical (unpaired) electrons. The van der Waals surface area contributed by atoms with Crippen LogP contribution in [0.4, 0.5) is 4.39 Å². The molecule has 3 fully saturated rings. The third kappa shape index (κ3) is 1.92. The lowest BCUT2D eigenvalue weighted by atomic mass is 9.86. The minimum atomic E-state index is -0.207. The van der Waals surface area contributed by atoms with E-state index in [9.17, 15) is 4.39 Å². The van der Waals surface area contributed by atoms with Crippen molar-refractivity contribution in [3.63, 3.8) is 0 Å². The van der Waals surface area contributed by atoms with E-state index in [0.717, 1.165) is 12.3 Å². The average Bonchev–Trinajstić information content (AvgIpc) is 2.34. The Morgan fingerprint density at radius 2 is 1.81 bits per heavy atom. The van der Waals surface area contributed by atoms with Gasteiger partial charge in [-0.15, -0.1) is 0 Å². The quantitative estimate of drug-likeness (QED) is 0.759. The average molecular weight is 221 g/mol. The van der Waals surface area contributed by atoms with Gasteiger partial charge in [0.25, 0.3) is 0 Å². The van der Waals surface area contributed by atoms with Crippen molar-refractivity contribution in [3.05, 3.63) is 30.1 Å². The predicted molar refractivity (Wildman–Crippen MR) is 60.0 cm³/mol. The van der Waals surface area contributed by atoms with E-state index in [1.54, 1.807) is 12.1 Å². The Hall–Kier alpha value is -1.09. The SMILES string of the molecule is Fc1ccc(OC2CN3CCC2CC3)cc1. The second-order valence-corrected chi connectivity index (χ2v) is 4.75. The smallest absolute Gasteiger partial charge is 0.123 e. The molecular weight excluding hydrogens is 205 g/mol. The highest BCUT2D eigenvalue weighted by Crippen LogP contribution is 2.30. The van der Waals surface area contributed by atoms with Gasteiger partial charge in [-0.05, 0) is 56.1 Å². The number of nitrogens with zero attached hydrogens (tertiary/aromatic N) is 1. The summed E-state index contributed by atoms with van der Waals surface area (Å²) < 4.78 is 18.7. The Kier molecular flexibility index (Phi) is 2.56. The third-order valence-corrected chi connectivity index (χ3v) is 3.70. The number of benzene rings is 1. The maximum absolute atomic E-state index is 12.8. The van der Waals surface area contributed by atoms with Crippen molar-refractivity contribution < 1.29 is 9.13 Å². The van der Waals surface area contributed by atoms with E-state index in [-0.39, 0.29) is 5.82 Å². The second-order valence-electron chi connectivity index (χ2n) is 4.75. The van der Waals surface area contributed by atoms with Gasteiger partial charge in [-0.3, -0.25) is 4.90 Å². The van der Waals surface area contributed by atoms with Crippen LogP contribution in [0.1, 0.15) is 12.8 Å². The summed E-state index contributed by atoms with van der Waals surface area (Å²) in [5.41, 5.74) is 0. The highest BCUT2D eigenvalue weighted by molar-refractivity contribution is 5.22. The van der Waals surface area contributed by atoms with Crippen molar-refractivity contribution in [1.29, 1.82) is 0 Å². The first kappa shape index (κ1) is 10.1. The molecule has 4 rings (SSSR count). The standard InChI is InChI=1S/C13H16FNO/c14-11-1-3-12(4-2-11)16-13-9-15-7-5-10(13)6-8-15/h1-4,10,13H,5-9H2. The van der Waals surface area contributed by atoms with Gasteiger partial charge >= 0.3 is 0 Å². The Balaban J connectivity index is 1.68. The Labute approximate surface area is 95.0 Å². The molecule has 0 N–H and O–H groups in total. The molecule has 0 aromatic heterocycles. The first-order valence-corrected chi connectivity index (χ1v) is 5.96. The molecule has 0 aliphatic carbocycles. The van der Waals surface area contributed by atoms with Crippen molar-refractivity contribution in [3.8, 4) is 5.75 Å². The second kappa shape index (κ2) is 4.06. The van der Waals surface area contributed by atoms with Gasteiger partial charge in [0.05, 0.1) is 0 Å². The van der Waals surface area contributed by atoms with Crippen LogP contribution in [0.5, 0.6) is 5.75 Å². The molecule has 3 aliphatic heterocycles. The fraction of sp³-hybridized carbons (Fsp3) is 0.538. The Morgan fingerprint density at radius 1 is 1.12 bits per heavy atom. The molecule has 1 aromatic carbocycles. The molecule has 0 saturated carbocycles. The van der Waals surface area contributed by atoms with Gasteiger partial charge in [0, 0.05) is 6.54 Å². The van der Waals surface area contributed by atoms with E-state index in [1.165, 1.54) is 38.1 Å². The van der Waals surface area contributed by atoms with Crippen LogP contribution in [0, 0.1) is 11.7 Å². The number of ether oxygens (including phenoxy) is 1. The number of halogens is 1. The zero-order chi connectivity index (χ0) is 11.0. The molecule has 0 spiro atoms. The summed E-state index contributed by atoms with van der Waals surface area (Å²) in [6.07, 6.45) is 2.78. The van der Waals surface area contributed by atoms with E-state index >= 15 is 0 Å². The lowest BCUT2D eigenvalue weighted by Gasteiger charge is -2.44. The van der Waals surface area contributed by atoms with Crippen LogP contribution < -0.4 is 4.74 Å². The highest BCUT2D eigenvalue weighted by atomic mass is 19.1. The fourth-order valence-electron chi connectivity index (χ4n) is 2.73. The van der Waals surface area contributed by atoms with Gasteiger partial charge in [-0.25, -0.2) is 4.39 Å². The molecule has 1 atom stereocenters. The van der Waals surface area contributed by atoms with Crippen LogP contribution in [0.25, 0.3) is 0 Å². The molecule has 3 saturated heterocycles. The summed E-state index contributed by atoms with van der Waals surface area (Å²) in [5.74, 6) is 1.27. The fourth-order valence-corrected chi connectivity index (χ4v) is 2.73. The van der Waals surface area contributed by atoms with Crippen LogP contribution in [-0.2, 0) is 0 Å². The molecular formula is C13H16FNO. The lowest BCUT2D eigenvalue weighted by Crippen LogP contribution is -2.52. The number of fused-ring (bicyclic) bond motifs is 3. The summed E-state index contributed by atoms with van der Waals surface area (Å²) in [7, 11) is 0. The Morgan fingerprint density at radius 3 is 2.38 bits per heavy atom. The summed E-state index contributed by atoms with van der Waals surface area (Å²) in [5, 5.41) is 0.